The van der Waals surface area contributed by atoms with Gasteiger partial charge in [-0.25, -0.2) is 4.98 Å². The van der Waals surface area contributed by atoms with Gasteiger partial charge in [0.15, 0.2) is 0 Å². The summed E-state index contributed by atoms with van der Waals surface area (Å²) in [7, 11) is 4.08. The first-order chi connectivity index (χ1) is 9.29. The van der Waals surface area contributed by atoms with Crippen molar-refractivity contribution in [2.24, 2.45) is 0 Å². The molecule has 2 aliphatic rings. The zero-order valence-corrected chi connectivity index (χ0v) is 11.9. The molecule has 3 rings (SSSR count). The molecule has 1 aromatic rings. The van der Waals surface area contributed by atoms with Crippen molar-refractivity contribution in [1.82, 2.24) is 15.3 Å². The number of rotatable bonds is 3. The Kier molecular flexibility index (Phi) is 3.55. The van der Waals surface area contributed by atoms with Crippen molar-refractivity contribution in [3.8, 4) is 0 Å². The minimum absolute atomic E-state index is 0.644. The lowest BCUT2D eigenvalue weighted by Crippen LogP contribution is -2.34. The lowest BCUT2D eigenvalue weighted by molar-refractivity contribution is 0.604. The first-order valence-corrected chi connectivity index (χ1v) is 7.30. The summed E-state index contributed by atoms with van der Waals surface area (Å²) in [5.74, 6) is 1.87. The lowest BCUT2D eigenvalue weighted by Gasteiger charge is -2.30. The Morgan fingerprint density at radius 2 is 2.05 bits per heavy atom. The van der Waals surface area contributed by atoms with Crippen LogP contribution < -0.4 is 15.5 Å². The molecule has 1 aromatic heterocycles. The number of hydrogen-bond donors (Lipinski definition) is 2. The third-order valence-corrected chi connectivity index (χ3v) is 4.34. The molecule has 5 nitrogen and oxygen atoms in total. The first-order valence-electron chi connectivity index (χ1n) is 7.30. The van der Waals surface area contributed by atoms with Crippen molar-refractivity contribution in [1.29, 1.82) is 0 Å². The Labute approximate surface area is 114 Å². The lowest BCUT2D eigenvalue weighted by atomic mass is 10.1. The molecule has 0 unspecified atom stereocenters. The molecule has 0 amide bonds. The fourth-order valence-corrected chi connectivity index (χ4v) is 3.19. The van der Waals surface area contributed by atoms with E-state index in [1.807, 2.05) is 7.05 Å². The highest BCUT2D eigenvalue weighted by molar-refractivity contribution is 5.53. The van der Waals surface area contributed by atoms with Gasteiger partial charge in [0.25, 0.3) is 0 Å². The molecule has 0 radical (unpaired) electrons. The van der Waals surface area contributed by atoms with Crippen molar-refractivity contribution in [2.75, 3.05) is 30.9 Å². The van der Waals surface area contributed by atoms with Gasteiger partial charge in [-0.15, -0.1) is 0 Å². The van der Waals surface area contributed by atoms with Crippen LogP contribution in [-0.4, -0.2) is 36.6 Å². The third kappa shape index (κ3) is 2.39. The van der Waals surface area contributed by atoms with Crippen LogP contribution in [0, 0.1) is 0 Å². The quantitative estimate of drug-likeness (QED) is 0.864. The predicted octanol–water partition coefficient (Wildman–Crippen LogP) is 1.54. The van der Waals surface area contributed by atoms with E-state index < -0.39 is 0 Å². The number of nitrogens with one attached hydrogen (secondary N) is 2. The normalized spacial score (nSPS) is 19.3. The van der Waals surface area contributed by atoms with Crippen LogP contribution in [0.5, 0.6) is 0 Å². The van der Waals surface area contributed by atoms with E-state index in [0.29, 0.717) is 6.04 Å². The Morgan fingerprint density at radius 3 is 2.79 bits per heavy atom. The average molecular weight is 261 g/mol. The fourth-order valence-electron chi connectivity index (χ4n) is 3.19. The van der Waals surface area contributed by atoms with Gasteiger partial charge in [-0.3, -0.25) is 0 Å². The number of fused-ring (bicyclic) bond motifs is 1. The maximum absolute atomic E-state index is 4.71. The number of nitrogens with zero attached hydrogens (tertiary/aromatic N) is 3. The van der Waals surface area contributed by atoms with Crippen molar-refractivity contribution in [3.05, 3.63) is 11.3 Å². The van der Waals surface area contributed by atoms with Gasteiger partial charge in [0.1, 0.15) is 5.82 Å². The van der Waals surface area contributed by atoms with E-state index in [9.17, 15) is 0 Å². The zero-order chi connectivity index (χ0) is 13.2. The molecule has 1 fully saturated rings. The molecule has 104 valence electrons. The molecule has 0 bridgehead atoms. The van der Waals surface area contributed by atoms with Crippen molar-refractivity contribution in [3.63, 3.8) is 0 Å². The summed E-state index contributed by atoms with van der Waals surface area (Å²) in [5.41, 5.74) is 2.50. The predicted molar refractivity (Wildman–Crippen MR) is 77.6 cm³/mol. The van der Waals surface area contributed by atoms with E-state index in [4.69, 9.17) is 4.98 Å². The van der Waals surface area contributed by atoms with E-state index in [2.05, 4.69) is 27.6 Å². The van der Waals surface area contributed by atoms with E-state index >= 15 is 0 Å². The van der Waals surface area contributed by atoms with Crippen LogP contribution in [0.3, 0.4) is 0 Å². The van der Waals surface area contributed by atoms with E-state index in [0.717, 1.165) is 31.3 Å². The summed E-state index contributed by atoms with van der Waals surface area (Å²) in [4.78, 5) is 11.7. The second-order valence-corrected chi connectivity index (χ2v) is 5.52. The topological polar surface area (TPSA) is 53.1 Å². The first kappa shape index (κ1) is 12.7. The molecule has 19 heavy (non-hydrogen) atoms. The number of hydrogen-bond acceptors (Lipinski definition) is 5. The summed E-state index contributed by atoms with van der Waals surface area (Å²) < 4.78 is 0. The molecule has 0 spiro atoms. The highest BCUT2D eigenvalue weighted by Crippen LogP contribution is 2.30. The van der Waals surface area contributed by atoms with Gasteiger partial charge in [0, 0.05) is 45.2 Å². The van der Waals surface area contributed by atoms with E-state index in [-0.39, 0.29) is 0 Å². The largest absolute Gasteiger partial charge is 0.357 e. The van der Waals surface area contributed by atoms with Crippen LogP contribution in [0.15, 0.2) is 0 Å². The van der Waals surface area contributed by atoms with Crippen LogP contribution in [-0.2, 0) is 13.0 Å². The van der Waals surface area contributed by atoms with Crippen LogP contribution in [0.4, 0.5) is 11.8 Å². The summed E-state index contributed by atoms with van der Waals surface area (Å²) in [6.07, 6.45) is 6.27. The van der Waals surface area contributed by atoms with Crippen molar-refractivity contribution in [2.45, 2.75) is 44.7 Å². The number of anilines is 2. The Balaban J connectivity index is 1.97. The monoisotopic (exact) mass is 261 g/mol. The molecule has 5 heteroatoms. The van der Waals surface area contributed by atoms with Gasteiger partial charge in [0.2, 0.25) is 5.95 Å². The Morgan fingerprint density at radius 1 is 1.26 bits per heavy atom. The Hall–Kier alpha value is -1.36. The molecule has 2 N–H and O–H groups in total. The number of aromatic nitrogens is 2. The summed E-state index contributed by atoms with van der Waals surface area (Å²) >= 11 is 0. The molecule has 1 aliphatic carbocycles. The van der Waals surface area contributed by atoms with Gasteiger partial charge in [0.05, 0.1) is 5.69 Å². The molecule has 1 aliphatic heterocycles. The minimum atomic E-state index is 0.644. The summed E-state index contributed by atoms with van der Waals surface area (Å²) in [6, 6.07) is 0.644. The molecule has 0 atom stereocenters. The summed E-state index contributed by atoms with van der Waals surface area (Å²) in [6.45, 7) is 1.91. The fraction of sp³-hybridized carbons (Fsp3) is 0.714. The van der Waals surface area contributed by atoms with Gasteiger partial charge in [-0.2, -0.15) is 4.98 Å². The third-order valence-electron chi connectivity index (χ3n) is 4.34. The maximum atomic E-state index is 4.71. The SMILES string of the molecule is CNc1nc2c(c(N(C)C3CCCC3)n1)CNCC2. The van der Waals surface area contributed by atoms with Crippen LogP contribution in [0.1, 0.15) is 36.9 Å². The van der Waals surface area contributed by atoms with Gasteiger partial charge >= 0.3 is 0 Å². The highest BCUT2D eigenvalue weighted by Gasteiger charge is 2.25. The van der Waals surface area contributed by atoms with Crippen molar-refractivity contribution >= 4 is 11.8 Å². The smallest absolute Gasteiger partial charge is 0.224 e. The second kappa shape index (κ2) is 5.33. The Bertz CT molecular complexity index is 453. The van der Waals surface area contributed by atoms with Crippen LogP contribution >= 0.6 is 0 Å². The summed E-state index contributed by atoms with van der Waals surface area (Å²) in [5, 5.41) is 6.53. The van der Waals surface area contributed by atoms with Gasteiger partial charge in [-0.1, -0.05) is 12.8 Å². The average Bonchev–Trinajstić information content (AvgIpc) is 2.99. The van der Waals surface area contributed by atoms with Crippen molar-refractivity contribution < 1.29 is 0 Å². The molecule has 1 saturated carbocycles. The molecular weight excluding hydrogens is 238 g/mol. The van der Waals surface area contributed by atoms with E-state index in [1.54, 1.807) is 0 Å². The van der Waals surface area contributed by atoms with Crippen LogP contribution in [0.2, 0.25) is 0 Å². The molecular formula is C14H23N5. The standard InChI is InChI=1S/C14H23N5/c1-15-14-17-12-7-8-16-9-11(12)13(18-14)19(2)10-5-3-4-6-10/h10,16H,3-9H2,1-2H3,(H,15,17,18). The molecule has 2 heterocycles. The van der Waals surface area contributed by atoms with Crippen LogP contribution in [0.25, 0.3) is 0 Å². The zero-order valence-electron chi connectivity index (χ0n) is 11.9. The highest BCUT2D eigenvalue weighted by atomic mass is 15.2. The molecule has 0 aromatic carbocycles. The van der Waals surface area contributed by atoms with E-state index in [1.165, 1.54) is 36.9 Å². The minimum Gasteiger partial charge on any atom is -0.357 e. The maximum Gasteiger partial charge on any atom is 0.224 e. The van der Waals surface area contributed by atoms with Gasteiger partial charge in [-0.05, 0) is 12.8 Å². The molecule has 0 saturated heterocycles. The van der Waals surface area contributed by atoms with Gasteiger partial charge < -0.3 is 15.5 Å². The second-order valence-electron chi connectivity index (χ2n) is 5.52.